The average Bonchev–Trinajstić information content (AvgIpc) is 2.18. The average molecular weight is 217 g/mol. The van der Waals surface area contributed by atoms with Crippen molar-refractivity contribution >= 4 is 12.6 Å². The van der Waals surface area contributed by atoms with Gasteiger partial charge in [0, 0.05) is 12.1 Å². The molecule has 0 aliphatic carbocycles. The van der Waals surface area contributed by atoms with E-state index in [1.165, 1.54) is 6.07 Å². The van der Waals surface area contributed by atoms with E-state index >= 15 is 0 Å². The molecule has 0 aliphatic rings. The van der Waals surface area contributed by atoms with Crippen LogP contribution in [0.5, 0.6) is 0 Å². The highest BCUT2D eigenvalue weighted by Gasteiger charge is 2.02. The maximum absolute atomic E-state index is 13.1. The second-order valence-electron chi connectivity index (χ2n) is 2.99. The summed E-state index contributed by atoms with van der Waals surface area (Å²) in [5.74, 6) is 0.0145. The zero-order valence-electron chi connectivity index (χ0n) is 7.76. The first kappa shape index (κ1) is 11.5. The molecule has 1 nitrogen and oxygen atoms in total. The maximum Gasteiger partial charge on any atom is 0.127 e. The Balaban J connectivity index is 2.45. The van der Waals surface area contributed by atoms with Crippen LogP contribution in [0.2, 0.25) is 0 Å². The number of benzene rings is 1. The van der Waals surface area contributed by atoms with Crippen molar-refractivity contribution in [2.75, 3.05) is 12.3 Å². The summed E-state index contributed by atoms with van der Waals surface area (Å²) in [4.78, 5) is 0. The standard InChI is InChI=1S/C10H13F2NS/c11-9-2-3-10(12)8(6-9)7-13-4-1-5-14/h2-3,6,13-14H,1,4-5,7H2. The molecule has 0 bridgehead atoms. The van der Waals surface area contributed by atoms with Gasteiger partial charge in [-0.15, -0.1) is 0 Å². The van der Waals surface area contributed by atoms with Gasteiger partial charge in [-0.05, 0) is 36.9 Å². The van der Waals surface area contributed by atoms with E-state index in [1.54, 1.807) is 0 Å². The Bertz CT molecular complexity index is 291. The molecule has 1 N–H and O–H groups in total. The van der Waals surface area contributed by atoms with Gasteiger partial charge in [0.05, 0.1) is 0 Å². The van der Waals surface area contributed by atoms with Gasteiger partial charge < -0.3 is 5.32 Å². The third kappa shape index (κ3) is 3.64. The minimum absolute atomic E-state index is 0.359. The summed E-state index contributed by atoms with van der Waals surface area (Å²) >= 11 is 4.04. The van der Waals surface area contributed by atoms with Gasteiger partial charge in [-0.25, -0.2) is 8.78 Å². The van der Waals surface area contributed by atoms with Crippen LogP contribution in [0.4, 0.5) is 8.78 Å². The van der Waals surface area contributed by atoms with E-state index in [1.807, 2.05) is 0 Å². The summed E-state index contributed by atoms with van der Waals surface area (Å²) in [6.07, 6.45) is 0.917. The summed E-state index contributed by atoms with van der Waals surface area (Å²) < 4.78 is 25.8. The Morgan fingerprint density at radius 3 is 2.79 bits per heavy atom. The molecule has 0 atom stereocenters. The fourth-order valence-electron chi connectivity index (χ4n) is 1.11. The Kier molecular flexibility index (Phi) is 4.90. The van der Waals surface area contributed by atoms with Crippen molar-refractivity contribution in [3.05, 3.63) is 35.4 Å². The lowest BCUT2D eigenvalue weighted by Gasteiger charge is -2.04. The minimum Gasteiger partial charge on any atom is -0.313 e. The van der Waals surface area contributed by atoms with E-state index in [0.717, 1.165) is 30.9 Å². The second kappa shape index (κ2) is 5.98. The third-order valence-electron chi connectivity index (χ3n) is 1.83. The summed E-state index contributed by atoms with van der Waals surface area (Å²) in [5.41, 5.74) is 0.365. The minimum atomic E-state index is -0.405. The zero-order valence-corrected chi connectivity index (χ0v) is 8.66. The topological polar surface area (TPSA) is 12.0 Å². The fourth-order valence-corrected chi connectivity index (χ4v) is 1.26. The van der Waals surface area contributed by atoms with Gasteiger partial charge in [0.25, 0.3) is 0 Å². The highest BCUT2D eigenvalue weighted by Crippen LogP contribution is 2.08. The van der Waals surface area contributed by atoms with Gasteiger partial charge in [-0.1, -0.05) is 0 Å². The van der Waals surface area contributed by atoms with Crippen LogP contribution < -0.4 is 5.32 Å². The molecular weight excluding hydrogens is 204 g/mol. The number of hydrogen-bond acceptors (Lipinski definition) is 2. The summed E-state index contributed by atoms with van der Waals surface area (Å²) in [6, 6.07) is 3.47. The molecule has 1 aromatic rings. The predicted octanol–water partition coefficient (Wildman–Crippen LogP) is 2.37. The number of halogens is 2. The number of thiol groups is 1. The second-order valence-corrected chi connectivity index (χ2v) is 3.44. The maximum atomic E-state index is 13.1. The van der Waals surface area contributed by atoms with E-state index in [-0.39, 0.29) is 5.82 Å². The van der Waals surface area contributed by atoms with E-state index in [9.17, 15) is 8.78 Å². The predicted molar refractivity (Wildman–Crippen MR) is 56.5 cm³/mol. The Morgan fingerprint density at radius 1 is 1.29 bits per heavy atom. The van der Waals surface area contributed by atoms with E-state index in [2.05, 4.69) is 17.9 Å². The van der Waals surface area contributed by atoms with Crippen LogP contribution >= 0.6 is 12.6 Å². The molecule has 1 aromatic carbocycles. The molecule has 0 unspecified atom stereocenters. The normalized spacial score (nSPS) is 10.5. The number of hydrogen-bond donors (Lipinski definition) is 2. The van der Waals surface area contributed by atoms with Crippen molar-refractivity contribution in [1.29, 1.82) is 0 Å². The zero-order chi connectivity index (χ0) is 10.4. The molecular formula is C10H13F2NS. The summed E-state index contributed by atoms with van der Waals surface area (Å²) in [6.45, 7) is 1.12. The summed E-state index contributed by atoms with van der Waals surface area (Å²) in [5, 5.41) is 3.02. The van der Waals surface area contributed by atoms with Crippen molar-refractivity contribution in [2.24, 2.45) is 0 Å². The first-order valence-corrected chi connectivity index (χ1v) is 5.13. The highest BCUT2D eigenvalue weighted by atomic mass is 32.1. The quantitative estimate of drug-likeness (QED) is 0.570. The van der Waals surface area contributed by atoms with Crippen molar-refractivity contribution in [3.8, 4) is 0 Å². The largest absolute Gasteiger partial charge is 0.313 e. The van der Waals surface area contributed by atoms with Crippen molar-refractivity contribution in [1.82, 2.24) is 5.32 Å². The fraction of sp³-hybridized carbons (Fsp3) is 0.400. The van der Waals surface area contributed by atoms with Crippen LogP contribution in [-0.2, 0) is 6.54 Å². The van der Waals surface area contributed by atoms with Crippen LogP contribution in [0.15, 0.2) is 18.2 Å². The lowest BCUT2D eigenvalue weighted by atomic mass is 10.2. The van der Waals surface area contributed by atoms with Gasteiger partial charge in [-0.3, -0.25) is 0 Å². The Hall–Kier alpha value is -0.610. The van der Waals surface area contributed by atoms with Crippen LogP contribution in [0.1, 0.15) is 12.0 Å². The van der Waals surface area contributed by atoms with Crippen LogP contribution in [0, 0.1) is 11.6 Å². The molecule has 0 saturated carbocycles. The molecule has 78 valence electrons. The third-order valence-corrected chi connectivity index (χ3v) is 2.15. The van der Waals surface area contributed by atoms with E-state index < -0.39 is 5.82 Å². The van der Waals surface area contributed by atoms with E-state index in [0.29, 0.717) is 12.1 Å². The Morgan fingerprint density at radius 2 is 2.07 bits per heavy atom. The van der Waals surface area contributed by atoms with Gasteiger partial charge in [0.1, 0.15) is 11.6 Å². The molecule has 0 amide bonds. The van der Waals surface area contributed by atoms with Gasteiger partial charge in [0.2, 0.25) is 0 Å². The lowest BCUT2D eigenvalue weighted by Crippen LogP contribution is -2.16. The molecule has 0 spiro atoms. The molecule has 0 aromatic heterocycles. The molecule has 0 heterocycles. The van der Waals surface area contributed by atoms with Crippen molar-refractivity contribution < 1.29 is 8.78 Å². The Labute approximate surface area is 87.9 Å². The first-order valence-electron chi connectivity index (χ1n) is 4.49. The van der Waals surface area contributed by atoms with Crippen LogP contribution in [0.25, 0.3) is 0 Å². The van der Waals surface area contributed by atoms with E-state index in [4.69, 9.17) is 0 Å². The monoisotopic (exact) mass is 217 g/mol. The molecule has 0 fully saturated rings. The smallest absolute Gasteiger partial charge is 0.127 e. The van der Waals surface area contributed by atoms with Crippen molar-refractivity contribution in [3.63, 3.8) is 0 Å². The van der Waals surface area contributed by atoms with Gasteiger partial charge >= 0.3 is 0 Å². The van der Waals surface area contributed by atoms with Gasteiger partial charge in [-0.2, -0.15) is 12.6 Å². The number of nitrogens with one attached hydrogen (secondary N) is 1. The molecule has 0 saturated heterocycles. The number of rotatable bonds is 5. The highest BCUT2D eigenvalue weighted by molar-refractivity contribution is 7.80. The molecule has 1 rings (SSSR count). The van der Waals surface area contributed by atoms with Gasteiger partial charge in [0.15, 0.2) is 0 Å². The van der Waals surface area contributed by atoms with Crippen LogP contribution in [-0.4, -0.2) is 12.3 Å². The molecule has 4 heteroatoms. The first-order chi connectivity index (χ1) is 6.74. The SMILES string of the molecule is Fc1ccc(F)c(CNCCCS)c1. The summed E-state index contributed by atoms with van der Waals surface area (Å²) in [7, 11) is 0. The van der Waals surface area contributed by atoms with Crippen molar-refractivity contribution in [2.45, 2.75) is 13.0 Å². The molecule has 0 aliphatic heterocycles. The molecule has 0 radical (unpaired) electrons. The molecule has 14 heavy (non-hydrogen) atoms. The van der Waals surface area contributed by atoms with Crippen LogP contribution in [0.3, 0.4) is 0 Å². The lowest BCUT2D eigenvalue weighted by molar-refractivity contribution is 0.568.